The largest absolute Gasteiger partial charge is 0.419 e. The zero-order valence-corrected chi connectivity index (χ0v) is 11.3. The van der Waals surface area contributed by atoms with Gasteiger partial charge in [0.05, 0.1) is 5.52 Å². The molecule has 1 aromatic carbocycles. The summed E-state index contributed by atoms with van der Waals surface area (Å²) >= 11 is 0. The molecule has 0 saturated carbocycles. The van der Waals surface area contributed by atoms with Gasteiger partial charge in [-0.25, -0.2) is 4.79 Å². The molecule has 2 heterocycles. The molecule has 2 aromatic rings. The number of piperidine rings is 1. The van der Waals surface area contributed by atoms with E-state index in [1.807, 2.05) is 6.07 Å². The molecule has 0 aliphatic carbocycles. The molecule has 3 rings (SSSR count). The third kappa shape index (κ3) is 2.59. The minimum atomic E-state index is -0.288. The number of hydrogen-bond acceptors (Lipinski definition) is 3. The van der Waals surface area contributed by atoms with Crippen molar-refractivity contribution in [2.75, 3.05) is 13.1 Å². The molecule has 102 valence electrons. The van der Waals surface area contributed by atoms with Crippen molar-refractivity contribution < 1.29 is 4.42 Å². The monoisotopic (exact) mass is 260 g/mol. The summed E-state index contributed by atoms with van der Waals surface area (Å²) in [5.41, 5.74) is 2.86. The van der Waals surface area contributed by atoms with Gasteiger partial charge < -0.3 is 9.73 Å². The van der Waals surface area contributed by atoms with E-state index >= 15 is 0 Å². The highest BCUT2D eigenvalue weighted by Crippen LogP contribution is 2.20. The molecule has 0 bridgehead atoms. The van der Waals surface area contributed by atoms with E-state index in [-0.39, 0.29) is 5.76 Å². The molecule has 1 aromatic heterocycles. The van der Waals surface area contributed by atoms with Crippen LogP contribution < -0.4 is 11.1 Å². The average Bonchev–Trinajstić information content (AvgIpc) is 2.73. The van der Waals surface area contributed by atoms with Crippen molar-refractivity contribution in [3.8, 4) is 0 Å². The normalized spacial score (nSPS) is 19.9. The Morgan fingerprint density at radius 2 is 2.37 bits per heavy atom. The van der Waals surface area contributed by atoms with Crippen molar-refractivity contribution in [2.45, 2.75) is 25.7 Å². The first-order valence-electron chi connectivity index (χ1n) is 7.03. The Morgan fingerprint density at radius 1 is 1.47 bits per heavy atom. The Hall–Kier alpha value is -1.55. The first-order chi connectivity index (χ1) is 9.24. The number of nitrogens with zero attached hydrogens (tertiary/aromatic N) is 1. The van der Waals surface area contributed by atoms with Crippen LogP contribution in [-0.2, 0) is 13.5 Å². The molecule has 1 saturated heterocycles. The summed E-state index contributed by atoms with van der Waals surface area (Å²) in [5, 5.41) is 3.45. The fraction of sp³-hybridized carbons (Fsp3) is 0.533. The predicted octanol–water partition coefficient (Wildman–Crippen LogP) is 2.06. The van der Waals surface area contributed by atoms with Gasteiger partial charge in [0.25, 0.3) is 0 Å². The highest BCUT2D eigenvalue weighted by molar-refractivity contribution is 5.73. The van der Waals surface area contributed by atoms with Gasteiger partial charge >= 0.3 is 5.76 Å². The van der Waals surface area contributed by atoms with Crippen LogP contribution in [-0.4, -0.2) is 17.7 Å². The molecular formula is C15H20N2O2. The first kappa shape index (κ1) is 12.5. The molecule has 1 aliphatic rings. The van der Waals surface area contributed by atoms with Crippen LogP contribution in [0, 0.1) is 5.92 Å². The third-order valence-electron chi connectivity index (χ3n) is 4.10. The van der Waals surface area contributed by atoms with Gasteiger partial charge in [0.2, 0.25) is 0 Å². The van der Waals surface area contributed by atoms with Gasteiger partial charge in [0.1, 0.15) is 0 Å². The van der Waals surface area contributed by atoms with Crippen molar-refractivity contribution in [2.24, 2.45) is 13.0 Å². The van der Waals surface area contributed by atoms with Crippen LogP contribution in [0.25, 0.3) is 11.1 Å². The average molecular weight is 260 g/mol. The smallest absolute Gasteiger partial charge is 0.408 e. The van der Waals surface area contributed by atoms with Crippen LogP contribution in [0.4, 0.5) is 0 Å². The summed E-state index contributed by atoms with van der Waals surface area (Å²) in [6, 6.07) is 6.06. The molecule has 4 heteroatoms. The molecule has 4 nitrogen and oxygen atoms in total. The number of nitrogens with one attached hydrogen (secondary N) is 1. The standard InChI is InChI=1S/C15H20N2O2/c1-17-13-9-11(6-7-14(13)19-15(17)18)4-5-12-3-2-8-16-10-12/h6-7,9,12,16H,2-5,8,10H2,1H3. The fourth-order valence-corrected chi connectivity index (χ4v) is 2.87. The van der Waals surface area contributed by atoms with Crippen molar-refractivity contribution in [1.29, 1.82) is 0 Å². The van der Waals surface area contributed by atoms with E-state index in [1.54, 1.807) is 11.6 Å². The molecule has 19 heavy (non-hydrogen) atoms. The Balaban J connectivity index is 1.74. The van der Waals surface area contributed by atoms with Crippen LogP contribution in [0.15, 0.2) is 27.4 Å². The lowest BCUT2D eigenvalue weighted by molar-refractivity contribution is 0.358. The molecular weight excluding hydrogens is 240 g/mol. The van der Waals surface area contributed by atoms with Crippen molar-refractivity contribution >= 4 is 11.1 Å². The van der Waals surface area contributed by atoms with E-state index in [4.69, 9.17) is 4.42 Å². The number of oxazole rings is 1. The van der Waals surface area contributed by atoms with E-state index in [0.717, 1.165) is 24.4 Å². The van der Waals surface area contributed by atoms with Crippen LogP contribution in [0.2, 0.25) is 0 Å². The van der Waals surface area contributed by atoms with Gasteiger partial charge in [-0.05, 0) is 62.4 Å². The lowest BCUT2D eigenvalue weighted by Gasteiger charge is -2.22. The lowest BCUT2D eigenvalue weighted by atomic mass is 9.93. The Bertz CT molecular complexity index is 621. The van der Waals surface area contributed by atoms with Crippen molar-refractivity contribution in [1.82, 2.24) is 9.88 Å². The van der Waals surface area contributed by atoms with Gasteiger partial charge in [-0.3, -0.25) is 4.57 Å². The van der Waals surface area contributed by atoms with Crippen molar-refractivity contribution in [3.63, 3.8) is 0 Å². The summed E-state index contributed by atoms with van der Waals surface area (Å²) in [4.78, 5) is 11.4. The maximum atomic E-state index is 11.4. The lowest BCUT2D eigenvalue weighted by Crippen LogP contribution is -2.29. The second kappa shape index (κ2) is 5.21. The maximum Gasteiger partial charge on any atom is 0.419 e. The van der Waals surface area contributed by atoms with Gasteiger partial charge in [-0.15, -0.1) is 0 Å². The van der Waals surface area contributed by atoms with Gasteiger partial charge in [-0.2, -0.15) is 0 Å². The number of aromatic nitrogens is 1. The zero-order chi connectivity index (χ0) is 13.2. The minimum absolute atomic E-state index is 0.288. The zero-order valence-electron chi connectivity index (χ0n) is 11.3. The van der Waals surface area contributed by atoms with Crippen LogP contribution in [0.1, 0.15) is 24.8 Å². The van der Waals surface area contributed by atoms with E-state index in [1.165, 1.54) is 31.4 Å². The molecule has 1 fully saturated rings. The second-order valence-corrected chi connectivity index (χ2v) is 5.48. The van der Waals surface area contributed by atoms with E-state index < -0.39 is 0 Å². The third-order valence-corrected chi connectivity index (χ3v) is 4.10. The number of benzene rings is 1. The topological polar surface area (TPSA) is 47.2 Å². The number of aryl methyl sites for hydroxylation is 2. The van der Waals surface area contributed by atoms with Gasteiger partial charge in [-0.1, -0.05) is 6.07 Å². The minimum Gasteiger partial charge on any atom is -0.408 e. The number of hydrogen-bond donors (Lipinski definition) is 1. The summed E-state index contributed by atoms with van der Waals surface area (Å²) in [6.45, 7) is 2.31. The quantitative estimate of drug-likeness (QED) is 0.919. The van der Waals surface area contributed by atoms with Crippen LogP contribution in [0.5, 0.6) is 0 Å². The van der Waals surface area contributed by atoms with Crippen molar-refractivity contribution in [3.05, 3.63) is 34.3 Å². The molecule has 1 atom stereocenters. The molecule has 1 unspecified atom stereocenters. The highest BCUT2D eigenvalue weighted by atomic mass is 16.4. The molecule has 0 spiro atoms. The number of fused-ring (bicyclic) bond motifs is 1. The molecule has 1 aliphatic heterocycles. The molecule has 0 amide bonds. The van der Waals surface area contributed by atoms with E-state index in [9.17, 15) is 4.79 Å². The first-order valence-corrected chi connectivity index (χ1v) is 7.03. The SMILES string of the molecule is Cn1c(=O)oc2ccc(CCC3CCCNC3)cc21. The summed E-state index contributed by atoms with van der Waals surface area (Å²) in [6.07, 6.45) is 4.91. The second-order valence-electron chi connectivity index (χ2n) is 5.48. The number of rotatable bonds is 3. The van der Waals surface area contributed by atoms with E-state index in [0.29, 0.717) is 5.58 Å². The van der Waals surface area contributed by atoms with E-state index in [2.05, 4.69) is 17.4 Å². The Kier molecular flexibility index (Phi) is 3.42. The molecule has 1 N–H and O–H groups in total. The Labute approximate surface area is 112 Å². The predicted molar refractivity (Wildman–Crippen MR) is 75.4 cm³/mol. The molecule has 0 radical (unpaired) electrons. The summed E-state index contributed by atoms with van der Waals surface area (Å²) < 4.78 is 6.72. The van der Waals surface area contributed by atoms with Gasteiger partial charge in [0.15, 0.2) is 5.58 Å². The van der Waals surface area contributed by atoms with Crippen LogP contribution >= 0.6 is 0 Å². The fourth-order valence-electron chi connectivity index (χ4n) is 2.87. The summed E-state index contributed by atoms with van der Waals surface area (Å²) in [7, 11) is 1.75. The van der Waals surface area contributed by atoms with Gasteiger partial charge in [0, 0.05) is 7.05 Å². The maximum absolute atomic E-state index is 11.4. The Morgan fingerprint density at radius 3 is 3.16 bits per heavy atom. The van der Waals surface area contributed by atoms with Crippen LogP contribution in [0.3, 0.4) is 0 Å². The highest BCUT2D eigenvalue weighted by Gasteiger charge is 2.13. The summed E-state index contributed by atoms with van der Waals surface area (Å²) in [5.74, 6) is 0.501.